The number of carbonyl (C=O) groups is 4. The number of hydrogen-bond donors (Lipinski definition) is 2. The lowest BCUT2D eigenvalue weighted by Gasteiger charge is -2.18. The number of esters is 1. The maximum atomic E-state index is 13.4. The van der Waals surface area contributed by atoms with Gasteiger partial charge >= 0.3 is 12.1 Å². The average Bonchev–Trinajstić information content (AvgIpc) is 3.74. The Hall–Kier alpha value is -4.41. The van der Waals surface area contributed by atoms with E-state index in [1.54, 1.807) is 39.0 Å². The van der Waals surface area contributed by atoms with Gasteiger partial charge in [0.2, 0.25) is 6.29 Å². The van der Waals surface area contributed by atoms with Gasteiger partial charge < -0.3 is 29.6 Å². The number of amides is 2. The van der Waals surface area contributed by atoms with Gasteiger partial charge in [0.05, 0.1) is 13.2 Å². The highest BCUT2D eigenvalue weighted by molar-refractivity contribution is 6.06. The number of carbonyl (C=O) groups excluding carboxylic acids is 4. The first-order chi connectivity index (χ1) is 19.1. The first-order valence-electron chi connectivity index (χ1n) is 13.1. The number of ether oxygens (including phenoxy) is 4. The molecule has 1 aromatic heterocycles. The van der Waals surface area contributed by atoms with Crippen LogP contribution in [0.3, 0.4) is 0 Å². The number of hydrogen-bond acceptors (Lipinski definition) is 9. The Labute approximate surface area is 233 Å². The number of rotatable bonds is 12. The molecule has 1 heterocycles. The van der Waals surface area contributed by atoms with E-state index in [2.05, 4.69) is 22.2 Å². The van der Waals surface area contributed by atoms with Gasteiger partial charge in [0.25, 0.3) is 11.8 Å². The van der Waals surface area contributed by atoms with Crippen LogP contribution in [0.5, 0.6) is 5.75 Å². The molecule has 1 fully saturated rings. The highest BCUT2D eigenvalue weighted by Crippen LogP contribution is 2.34. The molecular weight excluding hydrogens is 518 g/mol. The van der Waals surface area contributed by atoms with Crippen molar-refractivity contribution in [1.82, 2.24) is 15.6 Å². The summed E-state index contributed by atoms with van der Waals surface area (Å²) in [6.07, 6.45) is 0.859. The molecule has 40 heavy (non-hydrogen) atoms. The second kappa shape index (κ2) is 13.6. The zero-order valence-corrected chi connectivity index (χ0v) is 23.4. The fourth-order valence-electron chi connectivity index (χ4n) is 3.79. The second-order valence-electron chi connectivity index (χ2n) is 9.46. The average molecular weight is 554 g/mol. The van der Waals surface area contributed by atoms with Crippen LogP contribution in [0.25, 0.3) is 17.2 Å². The minimum atomic E-state index is -1.33. The summed E-state index contributed by atoms with van der Waals surface area (Å²) in [5.41, 5.74) is 1.03. The Bertz CT molecular complexity index is 1290. The van der Waals surface area contributed by atoms with Crippen LogP contribution in [-0.2, 0) is 14.2 Å². The molecule has 2 amide bonds. The fourth-order valence-corrected chi connectivity index (χ4v) is 3.79. The maximum absolute atomic E-state index is 13.4. The van der Waals surface area contributed by atoms with Crippen LogP contribution < -0.4 is 15.4 Å². The minimum absolute atomic E-state index is 0.0154. The topological polar surface area (TPSA) is 142 Å². The molecular formula is C29H35N3O8. The van der Waals surface area contributed by atoms with Crippen molar-refractivity contribution in [1.29, 1.82) is 0 Å². The summed E-state index contributed by atoms with van der Waals surface area (Å²) >= 11 is 0. The molecule has 214 valence electrons. The maximum Gasteiger partial charge on any atom is 0.511 e. The van der Waals surface area contributed by atoms with Crippen LogP contribution in [0.1, 0.15) is 77.4 Å². The lowest BCUT2D eigenvalue weighted by Crippen LogP contribution is -2.28. The van der Waals surface area contributed by atoms with Crippen LogP contribution in [0.2, 0.25) is 0 Å². The van der Waals surface area contributed by atoms with Crippen molar-refractivity contribution in [3.05, 3.63) is 53.4 Å². The van der Waals surface area contributed by atoms with Gasteiger partial charge in [0.1, 0.15) is 11.4 Å². The number of benzene rings is 1. The largest absolute Gasteiger partial charge is 0.511 e. The molecule has 2 N–H and O–H groups in total. The van der Waals surface area contributed by atoms with Gasteiger partial charge in [0, 0.05) is 42.3 Å². The third kappa shape index (κ3) is 7.81. The van der Waals surface area contributed by atoms with E-state index in [1.165, 1.54) is 26.2 Å². The molecule has 0 aliphatic heterocycles. The fraction of sp³-hybridized carbons (Fsp3) is 0.414. The van der Waals surface area contributed by atoms with Crippen LogP contribution in [0, 0.1) is 5.92 Å². The molecule has 0 radical (unpaired) electrons. The molecule has 1 saturated carbocycles. The Balaban J connectivity index is 2.07. The molecule has 2 aromatic rings. The van der Waals surface area contributed by atoms with Gasteiger partial charge in [-0.05, 0) is 63.8 Å². The van der Waals surface area contributed by atoms with E-state index in [4.69, 9.17) is 18.9 Å². The smallest absolute Gasteiger partial charge is 0.496 e. The SMILES string of the molecule is C=Cc1cc(C(=O)NCC)c(-c2ccc(C(=O)NCC3CC3)nc2C(=O)OC(C)OC(=O)OC(C)C)cc1OC. The predicted octanol–water partition coefficient (Wildman–Crippen LogP) is 4.35. The van der Waals surface area contributed by atoms with E-state index in [9.17, 15) is 19.2 Å². The first kappa shape index (κ1) is 30.1. The van der Waals surface area contributed by atoms with E-state index in [0.717, 1.165) is 12.8 Å². The second-order valence-corrected chi connectivity index (χ2v) is 9.46. The highest BCUT2D eigenvalue weighted by atomic mass is 16.8. The van der Waals surface area contributed by atoms with Crippen LogP contribution in [0.15, 0.2) is 30.8 Å². The molecule has 3 rings (SSSR count). The Morgan fingerprint density at radius 1 is 1.02 bits per heavy atom. The normalized spacial score (nSPS) is 13.2. The molecule has 0 bridgehead atoms. The molecule has 1 aliphatic carbocycles. The first-order valence-corrected chi connectivity index (χ1v) is 13.1. The summed E-state index contributed by atoms with van der Waals surface area (Å²) in [5.74, 6) is -1.00. The quantitative estimate of drug-likeness (QED) is 0.290. The Kier molecular flexibility index (Phi) is 10.2. The van der Waals surface area contributed by atoms with Crippen molar-refractivity contribution in [3.8, 4) is 16.9 Å². The van der Waals surface area contributed by atoms with E-state index in [0.29, 0.717) is 35.9 Å². The standard InChI is InChI=1S/C29H35N3O8/c1-7-19-13-22(26(33)30-8-2)21(14-24(19)37-6)20-11-12-23(27(34)31-15-18-9-10-18)32-25(20)28(35)39-17(5)40-29(36)38-16(3)4/h7,11-14,16-18H,1,8-10,15H2,2-6H3,(H,30,33)(H,31,34). The number of nitrogens with zero attached hydrogens (tertiary/aromatic N) is 1. The Morgan fingerprint density at radius 2 is 1.75 bits per heavy atom. The molecule has 1 aromatic carbocycles. The van der Waals surface area contributed by atoms with E-state index in [-0.39, 0.29) is 22.5 Å². The van der Waals surface area contributed by atoms with Crippen molar-refractivity contribution in [3.63, 3.8) is 0 Å². The summed E-state index contributed by atoms with van der Waals surface area (Å²) in [6, 6.07) is 6.15. The van der Waals surface area contributed by atoms with Gasteiger partial charge in [-0.3, -0.25) is 9.59 Å². The van der Waals surface area contributed by atoms with Crippen molar-refractivity contribution < 1.29 is 38.1 Å². The Morgan fingerprint density at radius 3 is 2.35 bits per heavy atom. The predicted molar refractivity (Wildman–Crippen MR) is 147 cm³/mol. The van der Waals surface area contributed by atoms with Crippen molar-refractivity contribution in [2.45, 2.75) is 52.9 Å². The minimum Gasteiger partial charge on any atom is -0.496 e. The number of aromatic nitrogens is 1. The van der Waals surface area contributed by atoms with Crippen molar-refractivity contribution in [2.75, 3.05) is 20.2 Å². The van der Waals surface area contributed by atoms with E-state index in [1.807, 2.05) is 0 Å². The van der Waals surface area contributed by atoms with Gasteiger partial charge in [-0.2, -0.15) is 0 Å². The molecule has 1 aliphatic rings. The van der Waals surface area contributed by atoms with Gasteiger partial charge in [-0.25, -0.2) is 14.6 Å². The lowest BCUT2D eigenvalue weighted by atomic mass is 9.94. The number of methoxy groups -OCH3 is 1. The van der Waals surface area contributed by atoms with Crippen LogP contribution in [0.4, 0.5) is 4.79 Å². The zero-order valence-electron chi connectivity index (χ0n) is 23.4. The van der Waals surface area contributed by atoms with Crippen molar-refractivity contribution in [2.24, 2.45) is 5.92 Å². The molecule has 0 spiro atoms. The lowest BCUT2D eigenvalue weighted by molar-refractivity contribution is -0.0868. The summed E-state index contributed by atoms with van der Waals surface area (Å²) in [4.78, 5) is 55.5. The summed E-state index contributed by atoms with van der Waals surface area (Å²) in [7, 11) is 1.47. The third-order valence-corrected chi connectivity index (χ3v) is 5.90. The van der Waals surface area contributed by atoms with Gasteiger partial charge in [-0.15, -0.1) is 0 Å². The molecule has 11 heteroatoms. The van der Waals surface area contributed by atoms with E-state index >= 15 is 0 Å². The molecule has 11 nitrogen and oxygen atoms in total. The van der Waals surface area contributed by atoms with Crippen LogP contribution in [-0.4, -0.2) is 61.5 Å². The summed E-state index contributed by atoms with van der Waals surface area (Å²) < 4.78 is 20.8. The number of pyridine rings is 1. The molecule has 0 saturated heterocycles. The van der Waals surface area contributed by atoms with E-state index < -0.39 is 36.3 Å². The van der Waals surface area contributed by atoms with Gasteiger partial charge in [0.15, 0.2) is 5.69 Å². The number of nitrogens with one attached hydrogen (secondary N) is 2. The van der Waals surface area contributed by atoms with Crippen LogP contribution >= 0.6 is 0 Å². The zero-order chi connectivity index (χ0) is 29.4. The third-order valence-electron chi connectivity index (χ3n) is 5.90. The molecule has 1 atom stereocenters. The van der Waals surface area contributed by atoms with Gasteiger partial charge in [-0.1, -0.05) is 12.7 Å². The monoisotopic (exact) mass is 553 g/mol. The summed E-state index contributed by atoms with van der Waals surface area (Å²) in [5, 5.41) is 5.57. The molecule has 1 unspecified atom stereocenters. The summed E-state index contributed by atoms with van der Waals surface area (Å²) in [6.45, 7) is 11.1. The highest BCUT2D eigenvalue weighted by Gasteiger charge is 2.27. The van der Waals surface area contributed by atoms with Crippen molar-refractivity contribution >= 4 is 30.0 Å².